The van der Waals surface area contributed by atoms with Crippen molar-refractivity contribution in [3.05, 3.63) is 41.5 Å². The summed E-state index contributed by atoms with van der Waals surface area (Å²) in [5.41, 5.74) is 2.92. The van der Waals surface area contributed by atoms with Crippen LogP contribution in [0.2, 0.25) is 0 Å². The van der Waals surface area contributed by atoms with E-state index in [0.717, 1.165) is 23.2 Å². The quantitative estimate of drug-likeness (QED) is 0.677. The third kappa shape index (κ3) is 2.49. The molecule has 2 bridgehead atoms. The Morgan fingerprint density at radius 1 is 1.12 bits per heavy atom. The maximum Gasteiger partial charge on any atom is 0.233 e. The predicted octanol–water partition coefficient (Wildman–Crippen LogP) is 2.44. The van der Waals surface area contributed by atoms with Crippen LogP contribution in [0.25, 0.3) is 0 Å². The molecular formula is C20H22N2O3. The molecule has 2 aliphatic carbocycles. The van der Waals surface area contributed by atoms with Gasteiger partial charge in [0.15, 0.2) is 0 Å². The summed E-state index contributed by atoms with van der Waals surface area (Å²) in [4.78, 5) is 38.8. The summed E-state index contributed by atoms with van der Waals surface area (Å²) in [6.07, 6.45) is 5.21. The van der Waals surface area contributed by atoms with Crippen molar-refractivity contribution in [2.24, 2.45) is 23.7 Å². The van der Waals surface area contributed by atoms with Crippen LogP contribution in [0.4, 0.5) is 5.69 Å². The maximum absolute atomic E-state index is 12.6. The van der Waals surface area contributed by atoms with Crippen molar-refractivity contribution in [3.8, 4) is 0 Å². The van der Waals surface area contributed by atoms with Crippen LogP contribution in [0.5, 0.6) is 0 Å². The lowest BCUT2D eigenvalue weighted by atomic mass is 9.85. The Balaban J connectivity index is 1.39. The van der Waals surface area contributed by atoms with E-state index in [9.17, 15) is 14.4 Å². The molecule has 25 heavy (non-hydrogen) atoms. The lowest BCUT2D eigenvalue weighted by molar-refractivity contribution is -0.140. The molecule has 1 saturated heterocycles. The molecule has 4 rings (SSSR count). The van der Waals surface area contributed by atoms with Gasteiger partial charge in [0, 0.05) is 18.7 Å². The molecule has 5 nitrogen and oxygen atoms in total. The number of carbonyl (C=O) groups excluding carboxylic acids is 3. The zero-order chi connectivity index (χ0) is 17.7. The highest BCUT2D eigenvalue weighted by atomic mass is 16.2. The maximum atomic E-state index is 12.6. The Labute approximate surface area is 147 Å². The van der Waals surface area contributed by atoms with Crippen molar-refractivity contribution in [2.45, 2.75) is 26.7 Å². The molecule has 0 unspecified atom stereocenters. The number of hydrogen-bond donors (Lipinski definition) is 1. The van der Waals surface area contributed by atoms with Gasteiger partial charge in [-0.2, -0.15) is 0 Å². The summed E-state index contributed by atoms with van der Waals surface area (Å²) < 4.78 is 0. The minimum absolute atomic E-state index is 0.0913. The minimum Gasteiger partial charge on any atom is -0.326 e. The number of carbonyl (C=O) groups is 3. The molecule has 130 valence electrons. The first-order valence-electron chi connectivity index (χ1n) is 8.87. The lowest BCUT2D eigenvalue weighted by Crippen LogP contribution is -2.35. The van der Waals surface area contributed by atoms with Crippen LogP contribution in [-0.2, 0) is 14.4 Å². The van der Waals surface area contributed by atoms with Crippen LogP contribution in [0.1, 0.15) is 24.0 Å². The second-order valence-electron chi connectivity index (χ2n) is 7.37. The summed E-state index contributed by atoms with van der Waals surface area (Å²) in [7, 11) is 0. The molecule has 1 saturated carbocycles. The summed E-state index contributed by atoms with van der Waals surface area (Å²) in [5, 5.41) is 2.88. The van der Waals surface area contributed by atoms with E-state index in [1.807, 2.05) is 32.0 Å². The predicted molar refractivity (Wildman–Crippen MR) is 93.6 cm³/mol. The Bertz CT molecular complexity index is 768. The number of hydrogen-bond acceptors (Lipinski definition) is 3. The fraction of sp³-hybridized carbons (Fsp3) is 0.450. The molecule has 3 amide bonds. The Morgan fingerprint density at radius 3 is 2.40 bits per heavy atom. The van der Waals surface area contributed by atoms with E-state index in [1.165, 1.54) is 4.90 Å². The third-order valence-corrected chi connectivity index (χ3v) is 6.00. The molecule has 3 aliphatic rings. The number of allylic oxidation sites excluding steroid dienone is 2. The van der Waals surface area contributed by atoms with Gasteiger partial charge < -0.3 is 5.32 Å². The molecule has 1 aliphatic heterocycles. The van der Waals surface area contributed by atoms with Crippen LogP contribution < -0.4 is 5.32 Å². The fourth-order valence-electron chi connectivity index (χ4n) is 4.50. The number of likely N-dealkylation sites (tertiary alicyclic amines) is 1. The van der Waals surface area contributed by atoms with Crippen molar-refractivity contribution in [1.82, 2.24) is 4.90 Å². The normalized spacial score (nSPS) is 29.4. The molecule has 1 aromatic rings. The smallest absolute Gasteiger partial charge is 0.233 e. The van der Waals surface area contributed by atoms with E-state index >= 15 is 0 Å². The van der Waals surface area contributed by atoms with E-state index in [0.29, 0.717) is 0 Å². The highest BCUT2D eigenvalue weighted by Crippen LogP contribution is 2.52. The van der Waals surface area contributed by atoms with Crippen molar-refractivity contribution in [1.29, 1.82) is 0 Å². The molecule has 2 fully saturated rings. The first kappa shape index (κ1) is 16.1. The van der Waals surface area contributed by atoms with Crippen molar-refractivity contribution in [3.63, 3.8) is 0 Å². The monoisotopic (exact) mass is 338 g/mol. The van der Waals surface area contributed by atoms with Crippen molar-refractivity contribution in [2.75, 3.05) is 11.9 Å². The van der Waals surface area contributed by atoms with E-state index in [-0.39, 0.29) is 54.4 Å². The lowest BCUT2D eigenvalue weighted by Gasteiger charge is -2.17. The molecule has 1 N–H and O–H groups in total. The third-order valence-electron chi connectivity index (χ3n) is 6.00. The second kappa shape index (κ2) is 5.83. The molecule has 1 aromatic carbocycles. The van der Waals surface area contributed by atoms with Crippen LogP contribution in [0.15, 0.2) is 30.4 Å². The fourth-order valence-corrected chi connectivity index (χ4v) is 4.50. The zero-order valence-corrected chi connectivity index (χ0v) is 14.5. The number of nitrogens with one attached hydrogen (secondary N) is 1. The second-order valence-corrected chi connectivity index (χ2v) is 7.37. The Kier molecular flexibility index (Phi) is 3.74. The molecule has 1 heterocycles. The average Bonchev–Trinajstić information content (AvgIpc) is 3.25. The van der Waals surface area contributed by atoms with E-state index in [4.69, 9.17) is 0 Å². The van der Waals surface area contributed by atoms with Crippen LogP contribution in [0.3, 0.4) is 0 Å². The minimum atomic E-state index is -0.190. The van der Waals surface area contributed by atoms with Gasteiger partial charge in [-0.05, 0) is 49.3 Å². The molecule has 0 aromatic heterocycles. The standard InChI is InChI=1S/C20H22N2O3/c1-11-4-3-5-15(12(11)2)21-16(23)8-9-22-19(24)17-13-6-7-14(10-13)18(17)20(22)25/h3-7,13-14,17-18H,8-10H2,1-2H3,(H,21,23)/t13-,14-,17-,18+/m1/s1. The van der Waals surface area contributed by atoms with Gasteiger partial charge in [0.05, 0.1) is 11.8 Å². The van der Waals surface area contributed by atoms with Crippen molar-refractivity contribution >= 4 is 23.4 Å². The summed E-state index contributed by atoms with van der Waals surface area (Å²) in [6, 6.07) is 5.75. The Hall–Kier alpha value is -2.43. The number of rotatable bonds is 4. The van der Waals surface area contributed by atoms with Gasteiger partial charge in [0.2, 0.25) is 17.7 Å². The molecule has 5 heteroatoms. The number of nitrogens with zero attached hydrogens (tertiary/aromatic N) is 1. The first-order chi connectivity index (χ1) is 12.0. The van der Waals surface area contributed by atoms with Crippen molar-refractivity contribution < 1.29 is 14.4 Å². The molecule has 4 atom stereocenters. The van der Waals surface area contributed by atoms with E-state index in [1.54, 1.807) is 0 Å². The van der Waals surface area contributed by atoms with Crippen LogP contribution >= 0.6 is 0 Å². The summed E-state index contributed by atoms with van der Waals surface area (Å²) in [5.74, 6) is -0.320. The molecule has 0 spiro atoms. The zero-order valence-electron chi connectivity index (χ0n) is 14.5. The topological polar surface area (TPSA) is 66.5 Å². The van der Waals surface area contributed by atoms with Gasteiger partial charge in [-0.1, -0.05) is 24.3 Å². The van der Waals surface area contributed by atoms with Gasteiger partial charge in [0.25, 0.3) is 0 Å². The van der Waals surface area contributed by atoms with Gasteiger partial charge in [0.1, 0.15) is 0 Å². The highest BCUT2D eigenvalue weighted by molar-refractivity contribution is 6.06. The van der Waals surface area contributed by atoms with E-state index < -0.39 is 0 Å². The van der Waals surface area contributed by atoms with Gasteiger partial charge in [-0.25, -0.2) is 0 Å². The summed E-state index contributed by atoms with van der Waals surface area (Å²) >= 11 is 0. The largest absolute Gasteiger partial charge is 0.326 e. The van der Waals surface area contributed by atoms with Gasteiger partial charge >= 0.3 is 0 Å². The van der Waals surface area contributed by atoms with Crippen LogP contribution in [-0.4, -0.2) is 29.2 Å². The molecule has 0 radical (unpaired) electrons. The average molecular weight is 338 g/mol. The number of amides is 3. The number of anilines is 1. The number of fused-ring (bicyclic) bond motifs is 5. The SMILES string of the molecule is Cc1cccc(NC(=O)CCN2C(=O)[C@@H]3[C@H](C2=O)[C@@H]2C=C[C@@H]3C2)c1C. The Morgan fingerprint density at radius 2 is 1.76 bits per heavy atom. The highest BCUT2D eigenvalue weighted by Gasteiger charge is 2.58. The number of benzene rings is 1. The summed E-state index contributed by atoms with van der Waals surface area (Å²) in [6.45, 7) is 4.12. The number of imide groups is 1. The van der Waals surface area contributed by atoms with Crippen LogP contribution in [0, 0.1) is 37.5 Å². The first-order valence-corrected chi connectivity index (χ1v) is 8.87. The number of aryl methyl sites for hydroxylation is 1. The van der Waals surface area contributed by atoms with Gasteiger partial charge in [-0.15, -0.1) is 0 Å². The molecular weight excluding hydrogens is 316 g/mol. The van der Waals surface area contributed by atoms with Gasteiger partial charge in [-0.3, -0.25) is 19.3 Å². The van der Waals surface area contributed by atoms with E-state index in [2.05, 4.69) is 17.5 Å².